The molecule has 2 aliphatic carbocycles. The highest BCUT2D eigenvalue weighted by molar-refractivity contribution is 7.15. The van der Waals surface area contributed by atoms with Crippen LogP contribution in [-0.4, -0.2) is 58.0 Å². The average Bonchev–Trinajstić information content (AvgIpc) is 3.82. The largest absolute Gasteiger partial charge is 0.497 e. The van der Waals surface area contributed by atoms with Crippen molar-refractivity contribution in [2.45, 2.75) is 63.2 Å². The Labute approximate surface area is 272 Å². The minimum Gasteiger partial charge on any atom is -0.497 e. The normalized spacial score (nSPS) is 16.7. The van der Waals surface area contributed by atoms with Crippen molar-refractivity contribution in [3.8, 4) is 11.5 Å². The van der Waals surface area contributed by atoms with Crippen LogP contribution in [0, 0.1) is 0 Å². The molecule has 4 aromatic rings. The van der Waals surface area contributed by atoms with Crippen LogP contribution in [0.5, 0.6) is 11.5 Å². The number of aromatic nitrogens is 4. The molecule has 0 radical (unpaired) electrons. The predicted octanol–water partition coefficient (Wildman–Crippen LogP) is 5.37. The van der Waals surface area contributed by atoms with E-state index in [2.05, 4.69) is 31.0 Å². The molecule has 2 atom stereocenters. The van der Waals surface area contributed by atoms with E-state index in [-0.39, 0.29) is 48.1 Å². The van der Waals surface area contributed by atoms with E-state index >= 15 is 0 Å². The molecule has 0 spiro atoms. The van der Waals surface area contributed by atoms with Gasteiger partial charge in [0.25, 0.3) is 0 Å². The zero-order chi connectivity index (χ0) is 32.2. The van der Waals surface area contributed by atoms with Gasteiger partial charge in [0, 0.05) is 61.5 Å². The molecular formula is C32H32N6O6S2. The molecule has 2 heterocycles. The SMILES string of the molecule is COc1ccc2c(c1)C(CC(=O)Nc1nnc(CCCCc3nnc(NC(=O)CC4CC(=O)c5ccc(OC)cc54)s3)s1)CC2=O. The number of ether oxygens (including phenoxy) is 2. The second kappa shape index (κ2) is 13.8. The summed E-state index contributed by atoms with van der Waals surface area (Å²) in [5.41, 5.74) is 2.99. The van der Waals surface area contributed by atoms with Gasteiger partial charge in [0.2, 0.25) is 22.1 Å². The number of aryl methyl sites for hydroxylation is 2. The van der Waals surface area contributed by atoms with E-state index in [1.54, 1.807) is 38.5 Å². The first kappa shape index (κ1) is 31.4. The van der Waals surface area contributed by atoms with Gasteiger partial charge >= 0.3 is 0 Å². The number of amides is 2. The minimum absolute atomic E-state index is 0.0365. The number of rotatable bonds is 13. The number of Topliss-reactive ketones (excluding diaryl/α,β-unsaturated/α-hetero) is 2. The molecular weight excluding hydrogens is 629 g/mol. The van der Waals surface area contributed by atoms with Gasteiger partial charge in [0.1, 0.15) is 21.5 Å². The number of hydrogen-bond donors (Lipinski definition) is 2. The van der Waals surface area contributed by atoms with Crippen LogP contribution < -0.4 is 20.1 Å². The summed E-state index contributed by atoms with van der Waals surface area (Å²) in [6.07, 6.45) is 4.03. The molecule has 14 heteroatoms. The first-order valence-electron chi connectivity index (χ1n) is 15.0. The minimum atomic E-state index is -0.211. The molecule has 0 saturated heterocycles. The van der Waals surface area contributed by atoms with Gasteiger partial charge in [0.15, 0.2) is 11.6 Å². The van der Waals surface area contributed by atoms with Gasteiger partial charge in [-0.3, -0.25) is 19.2 Å². The molecule has 12 nitrogen and oxygen atoms in total. The number of fused-ring (bicyclic) bond motifs is 2. The Hall–Kier alpha value is -4.56. The lowest BCUT2D eigenvalue weighted by molar-refractivity contribution is -0.117. The van der Waals surface area contributed by atoms with Gasteiger partial charge < -0.3 is 20.1 Å². The van der Waals surface area contributed by atoms with E-state index in [0.717, 1.165) is 34.0 Å². The third-order valence-electron chi connectivity index (χ3n) is 8.18. The van der Waals surface area contributed by atoms with E-state index in [4.69, 9.17) is 9.47 Å². The third kappa shape index (κ3) is 7.12. The van der Waals surface area contributed by atoms with Crippen LogP contribution in [0.15, 0.2) is 36.4 Å². The zero-order valence-electron chi connectivity index (χ0n) is 25.3. The lowest BCUT2D eigenvalue weighted by Crippen LogP contribution is -2.14. The Morgan fingerprint density at radius 3 is 1.57 bits per heavy atom. The number of methoxy groups -OCH3 is 2. The number of carbonyl (C=O) groups is 4. The fourth-order valence-electron chi connectivity index (χ4n) is 5.92. The molecule has 2 aliphatic rings. The van der Waals surface area contributed by atoms with Crippen molar-refractivity contribution in [2.24, 2.45) is 0 Å². The van der Waals surface area contributed by atoms with Crippen molar-refractivity contribution in [3.63, 3.8) is 0 Å². The molecule has 0 bridgehead atoms. The van der Waals surface area contributed by atoms with Gasteiger partial charge in [-0.15, -0.1) is 20.4 Å². The summed E-state index contributed by atoms with van der Waals surface area (Å²) < 4.78 is 10.6. The number of ketones is 2. The van der Waals surface area contributed by atoms with Crippen molar-refractivity contribution < 1.29 is 28.7 Å². The predicted molar refractivity (Wildman–Crippen MR) is 172 cm³/mol. The second-order valence-electron chi connectivity index (χ2n) is 11.3. The quantitative estimate of drug-likeness (QED) is 0.178. The summed E-state index contributed by atoms with van der Waals surface area (Å²) in [7, 11) is 3.15. The maximum Gasteiger partial charge on any atom is 0.226 e. The van der Waals surface area contributed by atoms with Gasteiger partial charge in [-0.1, -0.05) is 22.7 Å². The summed E-state index contributed by atoms with van der Waals surface area (Å²) in [6.45, 7) is 0. The van der Waals surface area contributed by atoms with Gasteiger partial charge in [-0.2, -0.15) is 0 Å². The molecule has 0 aliphatic heterocycles. The first-order chi connectivity index (χ1) is 22.3. The van der Waals surface area contributed by atoms with Crippen molar-refractivity contribution in [1.82, 2.24) is 20.4 Å². The van der Waals surface area contributed by atoms with Crippen LogP contribution in [0.2, 0.25) is 0 Å². The molecule has 0 fully saturated rings. The topological polar surface area (TPSA) is 162 Å². The fraction of sp³-hybridized carbons (Fsp3) is 0.375. The van der Waals surface area contributed by atoms with E-state index in [9.17, 15) is 19.2 Å². The Balaban J connectivity index is 0.920. The van der Waals surface area contributed by atoms with E-state index < -0.39 is 0 Å². The summed E-state index contributed by atoms with van der Waals surface area (Å²) in [5.74, 6) is 0.583. The number of anilines is 2. The lowest BCUT2D eigenvalue weighted by atomic mass is 9.97. The van der Waals surface area contributed by atoms with Crippen molar-refractivity contribution in [2.75, 3.05) is 24.9 Å². The highest BCUT2D eigenvalue weighted by atomic mass is 32.1. The first-order valence-corrected chi connectivity index (χ1v) is 16.6. The molecule has 2 aromatic carbocycles. The van der Waals surface area contributed by atoms with Gasteiger partial charge in [0.05, 0.1) is 14.2 Å². The maximum atomic E-state index is 12.7. The summed E-state index contributed by atoms with van der Waals surface area (Å²) in [5, 5.41) is 24.8. The highest BCUT2D eigenvalue weighted by Crippen LogP contribution is 2.39. The number of carbonyl (C=O) groups excluding carboxylic acids is 4. The smallest absolute Gasteiger partial charge is 0.226 e. The molecule has 46 heavy (non-hydrogen) atoms. The molecule has 2 amide bonds. The van der Waals surface area contributed by atoms with Crippen molar-refractivity contribution in [1.29, 1.82) is 0 Å². The zero-order valence-corrected chi connectivity index (χ0v) is 27.0. The van der Waals surface area contributed by atoms with Gasteiger partial charge in [-0.25, -0.2) is 0 Å². The number of nitrogens with zero attached hydrogens (tertiary/aromatic N) is 4. The Morgan fingerprint density at radius 2 is 1.15 bits per heavy atom. The van der Waals surface area contributed by atoms with Crippen molar-refractivity contribution >= 4 is 56.3 Å². The number of nitrogens with one attached hydrogen (secondary N) is 2. The number of benzene rings is 2. The molecule has 2 N–H and O–H groups in total. The van der Waals surface area contributed by atoms with E-state index in [0.29, 0.717) is 58.6 Å². The standard InChI is InChI=1S/C32H32N6O6S2/c1-43-19-7-9-21-23(15-19)17(11-25(21)39)13-27(41)33-31-37-35-29(45-31)5-3-4-6-30-36-38-32(46-30)34-28(42)14-18-12-26(40)22-10-8-20(44-2)16-24(18)22/h7-10,15-18H,3-6,11-14H2,1-2H3,(H,33,37,41)(H,34,38,42). The van der Waals surface area contributed by atoms with E-state index in [1.807, 2.05) is 12.1 Å². The molecule has 2 aromatic heterocycles. The second-order valence-corrected chi connectivity index (χ2v) is 13.4. The fourth-order valence-corrected chi connectivity index (χ4v) is 7.52. The van der Waals surface area contributed by atoms with Crippen LogP contribution in [-0.2, 0) is 22.4 Å². The molecule has 2 unspecified atom stereocenters. The summed E-state index contributed by atoms with van der Waals surface area (Å²) >= 11 is 2.67. The third-order valence-corrected chi connectivity index (χ3v) is 9.98. The number of hydrogen-bond acceptors (Lipinski definition) is 12. The molecule has 6 rings (SSSR count). The Bertz CT molecular complexity index is 1670. The van der Waals surface area contributed by atoms with Gasteiger partial charge in [-0.05, 0) is 60.4 Å². The van der Waals surface area contributed by atoms with E-state index in [1.165, 1.54) is 22.7 Å². The average molecular weight is 661 g/mol. The maximum absolute atomic E-state index is 12.7. The Kier molecular flexibility index (Phi) is 9.45. The van der Waals surface area contributed by atoms with Crippen LogP contribution in [0.4, 0.5) is 10.3 Å². The summed E-state index contributed by atoms with van der Waals surface area (Å²) in [6, 6.07) is 10.7. The van der Waals surface area contributed by atoms with Crippen LogP contribution in [0.1, 0.15) is 92.2 Å². The number of unbranched alkanes of at least 4 members (excludes halogenated alkanes) is 1. The Morgan fingerprint density at radius 1 is 0.717 bits per heavy atom. The summed E-state index contributed by atoms with van der Waals surface area (Å²) in [4.78, 5) is 50.2. The highest BCUT2D eigenvalue weighted by Gasteiger charge is 2.32. The molecule has 238 valence electrons. The lowest BCUT2D eigenvalue weighted by Gasteiger charge is -2.11. The molecule has 0 saturated carbocycles. The monoisotopic (exact) mass is 660 g/mol. The van der Waals surface area contributed by atoms with Crippen molar-refractivity contribution in [3.05, 3.63) is 68.7 Å². The van der Waals surface area contributed by atoms with Crippen LogP contribution in [0.25, 0.3) is 0 Å². The van der Waals surface area contributed by atoms with Crippen LogP contribution in [0.3, 0.4) is 0 Å². The van der Waals surface area contributed by atoms with Crippen LogP contribution >= 0.6 is 22.7 Å².